The lowest BCUT2D eigenvalue weighted by Gasteiger charge is -2.20. The molecule has 3 N–H and O–H groups in total. The van der Waals surface area contributed by atoms with Gasteiger partial charge in [-0.1, -0.05) is 18.2 Å². The molecule has 1 saturated heterocycles. The summed E-state index contributed by atoms with van der Waals surface area (Å²) in [6.07, 6.45) is 0.653. The number of rotatable bonds is 6. The van der Waals surface area contributed by atoms with E-state index in [2.05, 4.69) is 50.1 Å². The topological polar surface area (TPSA) is 78.0 Å². The Kier molecular flexibility index (Phi) is 10.4. The minimum atomic E-state index is -0.489. The van der Waals surface area contributed by atoms with Crippen LogP contribution in [0.1, 0.15) is 34.1 Å². The van der Waals surface area contributed by atoms with Crippen LogP contribution in [0, 0.1) is 0 Å². The first-order chi connectivity index (χ1) is 12.9. The number of anilines is 1. The van der Waals surface area contributed by atoms with E-state index in [1.807, 2.05) is 33.8 Å². The molecule has 0 bridgehead atoms. The number of carbonyl (C=O) groups is 1. The fourth-order valence-electron chi connectivity index (χ4n) is 2.90. The molecule has 1 aliphatic heterocycles. The number of alkyl carbamates (subject to hydrolysis) is 1. The first kappa shape index (κ1) is 24.3. The predicted molar refractivity (Wildman–Crippen MR) is 126 cm³/mol. The van der Waals surface area contributed by atoms with Crippen molar-refractivity contribution in [3.05, 3.63) is 30.3 Å². The fraction of sp³-hybridized carbons (Fsp3) is 0.600. The van der Waals surface area contributed by atoms with Crippen molar-refractivity contribution in [1.29, 1.82) is 0 Å². The number of nitrogens with one attached hydrogen (secondary N) is 3. The minimum Gasteiger partial charge on any atom is -0.444 e. The van der Waals surface area contributed by atoms with Crippen molar-refractivity contribution < 1.29 is 9.53 Å². The van der Waals surface area contributed by atoms with E-state index in [-0.39, 0.29) is 24.0 Å². The van der Waals surface area contributed by atoms with Gasteiger partial charge in [-0.3, -0.25) is 4.99 Å². The molecule has 0 aliphatic carbocycles. The average molecular weight is 503 g/mol. The molecular weight excluding hydrogens is 469 g/mol. The molecule has 1 aromatic carbocycles. The third-order valence-corrected chi connectivity index (χ3v) is 4.04. The van der Waals surface area contributed by atoms with Gasteiger partial charge in [0.1, 0.15) is 5.60 Å². The summed E-state index contributed by atoms with van der Waals surface area (Å²) in [4.78, 5) is 18.6. The summed E-state index contributed by atoms with van der Waals surface area (Å²) in [6.45, 7) is 11.3. The van der Waals surface area contributed by atoms with Gasteiger partial charge in [0, 0.05) is 37.9 Å². The molecule has 1 heterocycles. The summed E-state index contributed by atoms with van der Waals surface area (Å²) < 4.78 is 5.22. The van der Waals surface area contributed by atoms with Crippen molar-refractivity contribution in [2.75, 3.05) is 37.6 Å². The quantitative estimate of drug-likeness (QED) is 0.241. The summed E-state index contributed by atoms with van der Waals surface area (Å²) in [7, 11) is 0. The number of carbonyl (C=O) groups excluding carboxylic acids is 1. The molecule has 28 heavy (non-hydrogen) atoms. The molecule has 7 nitrogen and oxygen atoms in total. The number of benzene rings is 1. The van der Waals surface area contributed by atoms with Crippen LogP contribution < -0.4 is 20.9 Å². The van der Waals surface area contributed by atoms with Crippen LogP contribution in [-0.2, 0) is 4.74 Å². The molecule has 0 spiro atoms. The molecule has 1 amide bonds. The minimum absolute atomic E-state index is 0. The van der Waals surface area contributed by atoms with Crippen molar-refractivity contribution >= 4 is 41.7 Å². The lowest BCUT2D eigenvalue weighted by atomic mass is 10.2. The number of nitrogens with zero attached hydrogens (tertiary/aromatic N) is 2. The van der Waals surface area contributed by atoms with E-state index in [0.29, 0.717) is 19.1 Å². The summed E-state index contributed by atoms with van der Waals surface area (Å²) in [5.41, 5.74) is 0.766. The first-order valence-electron chi connectivity index (χ1n) is 9.69. The molecule has 1 unspecified atom stereocenters. The number of para-hydroxylation sites is 1. The van der Waals surface area contributed by atoms with Crippen LogP contribution in [0.25, 0.3) is 0 Å². The van der Waals surface area contributed by atoms with Gasteiger partial charge >= 0.3 is 6.09 Å². The predicted octanol–water partition coefficient (Wildman–Crippen LogP) is 2.96. The maximum absolute atomic E-state index is 11.7. The number of hydrogen-bond donors (Lipinski definition) is 3. The smallest absolute Gasteiger partial charge is 0.407 e. The van der Waals surface area contributed by atoms with Crippen molar-refractivity contribution in [3.8, 4) is 0 Å². The maximum atomic E-state index is 11.7. The number of guanidine groups is 1. The highest BCUT2D eigenvalue weighted by Crippen LogP contribution is 2.19. The highest BCUT2D eigenvalue weighted by atomic mass is 127. The van der Waals surface area contributed by atoms with Crippen LogP contribution >= 0.6 is 24.0 Å². The van der Waals surface area contributed by atoms with Gasteiger partial charge in [-0.2, -0.15) is 0 Å². The van der Waals surface area contributed by atoms with Crippen LogP contribution in [0.3, 0.4) is 0 Å². The Morgan fingerprint density at radius 3 is 2.61 bits per heavy atom. The van der Waals surface area contributed by atoms with E-state index in [4.69, 9.17) is 4.74 Å². The van der Waals surface area contributed by atoms with Crippen molar-refractivity contribution in [3.63, 3.8) is 0 Å². The van der Waals surface area contributed by atoms with E-state index in [1.54, 1.807) is 0 Å². The summed E-state index contributed by atoms with van der Waals surface area (Å²) >= 11 is 0. The highest BCUT2D eigenvalue weighted by Gasteiger charge is 2.23. The van der Waals surface area contributed by atoms with Gasteiger partial charge in [-0.25, -0.2) is 4.79 Å². The van der Waals surface area contributed by atoms with Crippen LogP contribution in [0.15, 0.2) is 35.3 Å². The Hall–Kier alpha value is -1.71. The molecule has 158 valence electrons. The fourth-order valence-corrected chi connectivity index (χ4v) is 2.90. The zero-order chi connectivity index (χ0) is 19.7. The second-order valence-corrected chi connectivity index (χ2v) is 7.60. The van der Waals surface area contributed by atoms with Gasteiger partial charge < -0.3 is 25.6 Å². The van der Waals surface area contributed by atoms with E-state index in [9.17, 15) is 4.79 Å². The molecule has 2 rings (SSSR count). The zero-order valence-corrected chi connectivity index (χ0v) is 19.7. The van der Waals surface area contributed by atoms with Crippen molar-refractivity contribution in [1.82, 2.24) is 16.0 Å². The van der Waals surface area contributed by atoms with Gasteiger partial charge in [0.2, 0.25) is 0 Å². The van der Waals surface area contributed by atoms with Crippen LogP contribution in [-0.4, -0.2) is 56.4 Å². The zero-order valence-electron chi connectivity index (χ0n) is 17.3. The molecule has 0 saturated carbocycles. The molecule has 1 fully saturated rings. The van der Waals surface area contributed by atoms with Crippen molar-refractivity contribution in [2.45, 2.75) is 45.8 Å². The van der Waals surface area contributed by atoms with Gasteiger partial charge in [-0.05, 0) is 46.2 Å². The summed E-state index contributed by atoms with van der Waals surface area (Å²) in [6, 6.07) is 10.8. The molecular formula is C20H34IN5O2. The normalized spacial score (nSPS) is 16.9. The number of halogens is 1. The largest absolute Gasteiger partial charge is 0.444 e. The van der Waals surface area contributed by atoms with Gasteiger partial charge in [-0.15, -0.1) is 24.0 Å². The Bertz CT molecular complexity index is 619. The molecule has 1 aliphatic rings. The van der Waals surface area contributed by atoms with E-state index >= 15 is 0 Å². The first-order valence-corrected chi connectivity index (χ1v) is 9.69. The van der Waals surface area contributed by atoms with Gasteiger partial charge in [0.05, 0.1) is 6.54 Å². The van der Waals surface area contributed by atoms with Gasteiger partial charge in [0.25, 0.3) is 0 Å². The summed E-state index contributed by atoms with van der Waals surface area (Å²) in [5.74, 6) is 0.781. The molecule has 0 aromatic heterocycles. The number of amides is 1. The third kappa shape index (κ3) is 8.99. The van der Waals surface area contributed by atoms with E-state index in [0.717, 1.165) is 32.0 Å². The lowest BCUT2D eigenvalue weighted by Crippen LogP contribution is -2.45. The van der Waals surface area contributed by atoms with E-state index in [1.165, 1.54) is 5.69 Å². The van der Waals surface area contributed by atoms with Crippen LogP contribution in [0.4, 0.5) is 10.5 Å². The standard InChI is InChI=1S/C20H33N5O2.HI/c1-5-21-18(22-12-13-23-19(26)27-20(2,3)4)24-16-11-14-25(15-16)17-9-7-6-8-10-17;/h6-10,16H,5,11-15H2,1-4H3,(H,23,26)(H2,21,22,24);1H. The SMILES string of the molecule is CCNC(=NCCNC(=O)OC(C)(C)C)NC1CCN(c2ccccc2)C1.I. The number of hydrogen-bond acceptors (Lipinski definition) is 4. The average Bonchev–Trinajstić information content (AvgIpc) is 3.06. The summed E-state index contributed by atoms with van der Waals surface area (Å²) in [5, 5.41) is 9.49. The number of aliphatic imine (C=N–C) groups is 1. The van der Waals surface area contributed by atoms with Crippen molar-refractivity contribution in [2.24, 2.45) is 4.99 Å². The molecule has 1 atom stereocenters. The number of ether oxygens (including phenoxy) is 1. The lowest BCUT2D eigenvalue weighted by molar-refractivity contribution is 0.0529. The Balaban J connectivity index is 0.00000392. The Morgan fingerprint density at radius 1 is 1.25 bits per heavy atom. The Morgan fingerprint density at radius 2 is 1.96 bits per heavy atom. The van der Waals surface area contributed by atoms with E-state index < -0.39 is 11.7 Å². The molecule has 1 aromatic rings. The maximum Gasteiger partial charge on any atom is 0.407 e. The monoisotopic (exact) mass is 503 g/mol. The van der Waals surface area contributed by atoms with Crippen LogP contribution in [0.2, 0.25) is 0 Å². The highest BCUT2D eigenvalue weighted by molar-refractivity contribution is 14.0. The van der Waals surface area contributed by atoms with Gasteiger partial charge in [0.15, 0.2) is 5.96 Å². The molecule has 8 heteroatoms. The van der Waals surface area contributed by atoms with Crippen LogP contribution in [0.5, 0.6) is 0 Å². The second-order valence-electron chi connectivity index (χ2n) is 7.60. The molecule has 0 radical (unpaired) electrons. The second kappa shape index (κ2) is 12.0. The Labute approximate surface area is 185 Å². The third-order valence-electron chi connectivity index (χ3n) is 4.04.